The third kappa shape index (κ3) is 1.92. The molecule has 1 N–H and O–H groups in total. The van der Waals surface area contributed by atoms with Crippen LogP contribution >= 0.6 is 0 Å². The molecule has 3 atom stereocenters. The molecule has 1 heterocycles. The predicted octanol–water partition coefficient (Wildman–Crippen LogP) is 0.853. The molecule has 0 spiro atoms. The van der Waals surface area contributed by atoms with Gasteiger partial charge in [0.1, 0.15) is 0 Å². The van der Waals surface area contributed by atoms with E-state index in [4.69, 9.17) is 0 Å². The molecule has 1 aliphatic heterocycles. The molecule has 2 fully saturated rings. The van der Waals surface area contributed by atoms with Crippen LogP contribution in [0.15, 0.2) is 0 Å². The summed E-state index contributed by atoms with van der Waals surface area (Å²) in [5, 5.41) is 3.27. The fourth-order valence-corrected chi connectivity index (χ4v) is 2.31. The summed E-state index contributed by atoms with van der Waals surface area (Å²) in [5.74, 6) is 1.39. The lowest BCUT2D eigenvalue weighted by Crippen LogP contribution is -2.47. The van der Waals surface area contributed by atoms with Gasteiger partial charge in [-0.2, -0.15) is 0 Å². The van der Waals surface area contributed by atoms with Crippen molar-refractivity contribution < 1.29 is 4.79 Å². The molecule has 3 unspecified atom stereocenters. The summed E-state index contributed by atoms with van der Waals surface area (Å²) in [6.45, 7) is 4.06. The summed E-state index contributed by atoms with van der Waals surface area (Å²) in [7, 11) is 1.98. The minimum absolute atomic E-state index is 0.352. The molecule has 1 amide bonds. The van der Waals surface area contributed by atoms with Gasteiger partial charge >= 0.3 is 0 Å². The maximum atomic E-state index is 11.9. The van der Waals surface area contributed by atoms with Crippen LogP contribution in [0, 0.1) is 11.8 Å². The molecule has 1 saturated carbocycles. The van der Waals surface area contributed by atoms with Crippen LogP contribution in [0.1, 0.15) is 26.2 Å². The predicted molar refractivity (Wildman–Crippen MR) is 55.9 cm³/mol. The lowest BCUT2D eigenvalue weighted by molar-refractivity contribution is -0.134. The quantitative estimate of drug-likeness (QED) is 0.710. The number of likely N-dealkylation sites (tertiary alicyclic amines) is 1. The van der Waals surface area contributed by atoms with Crippen LogP contribution in [0.3, 0.4) is 0 Å². The van der Waals surface area contributed by atoms with E-state index in [0.29, 0.717) is 23.8 Å². The second-order valence-electron chi connectivity index (χ2n) is 4.73. The highest BCUT2D eigenvalue weighted by atomic mass is 16.2. The summed E-state index contributed by atoms with van der Waals surface area (Å²) in [4.78, 5) is 14.0. The molecule has 3 nitrogen and oxygen atoms in total. The van der Waals surface area contributed by atoms with Crippen LogP contribution in [0.25, 0.3) is 0 Å². The van der Waals surface area contributed by atoms with E-state index in [1.165, 1.54) is 6.42 Å². The molecule has 3 heteroatoms. The fraction of sp³-hybridized carbons (Fsp3) is 0.909. The highest BCUT2D eigenvalue weighted by molar-refractivity contribution is 5.81. The van der Waals surface area contributed by atoms with Gasteiger partial charge in [0, 0.05) is 25.0 Å². The molecule has 0 aromatic rings. The second kappa shape index (κ2) is 3.89. The first-order valence-corrected chi connectivity index (χ1v) is 5.68. The van der Waals surface area contributed by atoms with Crippen molar-refractivity contribution in [1.82, 2.24) is 10.2 Å². The third-order valence-corrected chi connectivity index (χ3v) is 3.57. The maximum absolute atomic E-state index is 11.9. The molecule has 0 radical (unpaired) electrons. The number of rotatable bonds is 2. The van der Waals surface area contributed by atoms with Gasteiger partial charge in [0.05, 0.1) is 0 Å². The standard InChI is InChI=1S/C11H20N2O/c1-8-6-10(8)11(14)13-5-3-4-9(7-13)12-2/h8-10,12H,3-7H2,1-2H3. The zero-order chi connectivity index (χ0) is 10.1. The third-order valence-electron chi connectivity index (χ3n) is 3.57. The maximum Gasteiger partial charge on any atom is 0.226 e. The van der Waals surface area contributed by atoms with Crippen LogP contribution in [-0.2, 0) is 4.79 Å². The molecular formula is C11H20N2O. The summed E-state index contributed by atoms with van der Waals surface area (Å²) in [6.07, 6.45) is 3.47. The molecule has 0 aromatic carbocycles. The first-order chi connectivity index (χ1) is 6.72. The van der Waals surface area contributed by atoms with Crippen molar-refractivity contribution in [3.8, 4) is 0 Å². The van der Waals surface area contributed by atoms with Gasteiger partial charge in [0.2, 0.25) is 5.91 Å². The monoisotopic (exact) mass is 196 g/mol. The molecular weight excluding hydrogens is 176 g/mol. The van der Waals surface area contributed by atoms with Crippen LogP contribution < -0.4 is 5.32 Å². The topological polar surface area (TPSA) is 32.3 Å². The Morgan fingerprint density at radius 1 is 1.50 bits per heavy atom. The summed E-state index contributed by atoms with van der Waals surface area (Å²) >= 11 is 0. The Balaban J connectivity index is 1.87. The van der Waals surface area contributed by atoms with Gasteiger partial charge in [-0.1, -0.05) is 6.92 Å². The Morgan fingerprint density at radius 3 is 2.79 bits per heavy atom. The summed E-state index contributed by atoms with van der Waals surface area (Å²) in [6, 6.07) is 0.516. The van der Waals surface area contributed by atoms with Crippen LogP contribution in [0.2, 0.25) is 0 Å². The number of hydrogen-bond acceptors (Lipinski definition) is 2. The normalized spacial score (nSPS) is 37.0. The van der Waals surface area contributed by atoms with Crippen molar-refractivity contribution in [3.63, 3.8) is 0 Å². The van der Waals surface area contributed by atoms with E-state index >= 15 is 0 Å². The minimum atomic E-state index is 0.352. The van der Waals surface area contributed by atoms with Crippen molar-refractivity contribution >= 4 is 5.91 Å². The Hall–Kier alpha value is -0.570. The number of likely N-dealkylation sites (N-methyl/N-ethyl adjacent to an activating group) is 1. The molecule has 80 valence electrons. The number of carbonyl (C=O) groups excluding carboxylic acids is 1. The Morgan fingerprint density at radius 2 is 2.21 bits per heavy atom. The van der Waals surface area contributed by atoms with Crippen LogP contribution in [0.4, 0.5) is 0 Å². The van der Waals surface area contributed by atoms with Crippen LogP contribution in [0.5, 0.6) is 0 Å². The van der Waals surface area contributed by atoms with Gasteiger partial charge in [-0.05, 0) is 32.2 Å². The van der Waals surface area contributed by atoms with Crippen molar-refractivity contribution in [2.75, 3.05) is 20.1 Å². The van der Waals surface area contributed by atoms with E-state index in [1.54, 1.807) is 0 Å². The van der Waals surface area contributed by atoms with Gasteiger partial charge in [0.25, 0.3) is 0 Å². The van der Waals surface area contributed by atoms with Gasteiger partial charge in [-0.15, -0.1) is 0 Å². The van der Waals surface area contributed by atoms with E-state index in [-0.39, 0.29) is 0 Å². The number of piperidine rings is 1. The average Bonchev–Trinajstić information content (AvgIpc) is 2.94. The van der Waals surface area contributed by atoms with Gasteiger partial charge in [-0.25, -0.2) is 0 Å². The zero-order valence-corrected chi connectivity index (χ0v) is 9.12. The van der Waals surface area contributed by atoms with E-state index in [1.807, 2.05) is 7.05 Å². The van der Waals surface area contributed by atoms with E-state index in [2.05, 4.69) is 17.1 Å². The Labute approximate surface area is 85.8 Å². The van der Waals surface area contributed by atoms with Gasteiger partial charge < -0.3 is 10.2 Å². The van der Waals surface area contributed by atoms with Crippen molar-refractivity contribution in [2.45, 2.75) is 32.2 Å². The molecule has 0 aromatic heterocycles. The second-order valence-corrected chi connectivity index (χ2v) is 4.73. The molecule has 14 heavy (non-hydrogen) atoms. The number of hydrogen-bond donors (Lipinski definition) is 1. The smallest absolute Gasteiger partial charge is 0.226 e. The van der Waals surface area contributed by atoms with E-state index < -0.39 is 0 Å². The number of carbonyl (C=O) groups is 1. The van der Waals surface area contributed by atoms with Gasteiger partial charge in [-0.3, -0.25) is 4.79 Å². The minimum Gasteiger partial charge on any atom is -0.341 e. The highest BCUT2D eigenvalue weighted by Gasteiger charge is 2.42. The van der Waals surface area contributed by atoms with Gasteiger partial charge in [0.15, 0.2) is 0 Å². The molecule has 1 aliphatic carbocycles. The highest BCUT2D eigenvalue weighted by Crippen LogP contribution is 2.39. The first-order valence-electron chi connectivity index (χ1n) is 5.68. The first kappa shape index (κ1) is 9.97. The molecule has 2 aliphatic rings. The SMILES string of the molecule is CNC1CCCN(C(=O)C2CC2C)C1. The molecule has 2 rings (SSSR count). The largest absolute Gasteiger partial charge is 0.341 e. The average molecular weight is 196 g/mol. The summed E-state index contributed by atoms with van der Waals surface area (Å²) in [5.41, 5.74) is 0. The van der Waals surface area contributed by atoms with E-state index in [0.717, 1.165) is 25.9 Å². The number of nitrogens with zero attached hydrogens (tertiary/aromatic N) is 1. The lowest BCUT2D eigenvalue weighted by Gasteiger charge is -2.32. The van der Waals surface area contributed by atoms with Crippen molar-refractivity contribution in [1.29, 1.82) is 0 Å². The zero-order valence-electron chi connectivity index (χ0n) is 9.12. The Bertz CT molecular complexity index is 229. The van der Waals surface area contributed by atoms with Crippen molar-refractivity contribution in [3.05, 3.63) is 0 Å². The van der Waals surface area contributed by atoms with Crippen molar-refractivity contribution in [2.24, 2.45) is 11.8 Å². The lowest BCUT2D eigenvalue weighted by atomic mass is 10.1. The molecule has 1 saturated heterocycles. The Kier molecular flexibility index (Phi) is 2.77. The number of amides is 1. The van der Waals surface area contributed by atoms with Crippen LogP contribution in [-0.4, -0.2) is 37.0 Å². The summed E-state index contributed by atoms with van der Waals surface area (Å²) < 4.78 is 0. The van der Waals surface area contributed by atoms with E-state index in [9.17, 15) is 4.79 Å². The molecule has 0 bridgehead atoms. The fourth-order valence-electron chi connectivity index (χ4n) is 2.31. The number of nitrogens with one attached hydrogen (secondary N) is 1.